The van der Waals surface area contributed by atoms with Gasteiger partial charge < -0.3 is 9.84 Å². The van der Waals surface area contributed by atoms with Gasteiger partial charge in [0.25, 0.3) is 0 Å². The summed E-state index contributed by atoms with van der Waals surface area (Å²) in [6.07, 6.45) is 2.70. The molecule has 0 amide bonds. The van der Waals surface area contributed by atoms with Crippen molar-refractivity contribution in [1.29, 1.82) is 0 Å². The molecule has 22 heavy (non-hydrogen) atoms. The van der Waals surface area contributed by atoms with Gasteiger partial charge in [0, 0.05) is 17.2 Å². The van der Waals surface area contributed by atoms with Crippen LogP contribution in [0.2, 0.25) is 0 Å². The third kappa shape index (κ3) is 2.81. The molecule has 1 aromatic heterocycles. The van der Waals surface area contributed by atoms with E-state index in [1.807, 2.05) is 49.4 Å². The number of aromatic nitrogens is 2. The van der Waals surface area contributed by atoms with Gasteiger partial charge >= 0.3 is 0 Å². The molecule has 0 fully saturated rings. The smallest absolute Gasteiger partial charge is 0.128 e. The zero-order valence-corrected chi connectivity index (χ0v) is 12.4. The number of hydrogen-bond donors (Lipinski definition) is 2. The highest BCUT2D eigenvalue weighted by atomic mass is 16.5. The molecule has 0 saturated carbocycles. The van der Waals surface area contributed by atoms with E-state index in [1.165, 1.54) is 0 Å². The Bertz CT molecular complexity index is 751. The van der Waals surface area contributed by atoms with Crippen molar-refractivity contribution in [2.45, 2.75) is 13.3 Å². The van der Waals surface area contributed by atoms with Crippen molar-refractivity contribution < 1.29 is 9.84 Å². The molecule has 0 radical (unpaired) electrons. The molecule has 0 bridgehead atoms. The number of benzene rings is 2. The zero-order chi connectivity index (χ0) is 15.4. The minimum Gasteiger partial charge on any atom is -0.507 e. The van der Waals surface area contributed by atoms with Gasteiger partial charge in [-0.1, -0.05) is 37.3 Å². The van der Waals surface area contributed by atoms with Crippen molar-refractivity contribution >= 4 is 0 Å². The van der Waals surface area contributed by atoms with Crippen LogP contribution in [0.3, 0.4) is 0 Å². The fourth-order valence-corrected chi connectivity index (χ4v) is 2.36. The van der Waals surface area contributed by atoms with E-state index < -0.39 is 0 Å². The molecule has 0 aliphatic heterocycles. The van der Waals surface area contributed by atoms with Crippen LogP contribution in [-0.2, 0) is 0 Å². The summed E-state index contributed by atoms with van der Waals surface area (Å²) in [4.78, 5) is 0. The Morgan fingerprint density at radius 2 is 1.91 bits per heavy atom. The van der Waals surface area contributed by atoms with Crippen molar-refractivity contribution in [2.75, 3.05) is 6.61 Å². The Balaban J connectivity index is 1.97. The van der Waals surface area contributed by atoms with Gasteiger partial charge in [-0.05, 0) is 24.1 Å². The highest BCUT2D eigenvalue weighted by molar-refractivity contribution is 5.83. The van der Waals surface area contributed by atoms with Gasteiger partial charge in [-0.3, -0.25) is 5.10 Å². The molecule has 4 heteroatoms. The molecule has 0 saturated heterocycles. The summed E-state index contributed by atoms with van der Waals surface area (Å²) < 4.78 is 5.54. The maximum Gasteiger partial charge on any atom is 0.128 e. The summed E-state index contributed by atoms with van der Waals surface area (Å²) in [6, 6.07) is 15.3. The first-order valence-corrected chi connectivity index (χ1v) is 7.34. The van der Waals surface area contributed by atoms with Crippen molar-refractivity contribution in [1.82, 2.24) is 10.2 Å². The summed E-state index contributed by atoms with van der Waals surface area (Å²) in [6.45, 7) is 2.68. The van der Waals surface area contributed by atoms with Crippen molar-refractivity contribution in [3.63, 3.8) is 0 Å². The summed E-state index contributed by atoms with van der Waals surface area (Å²) in [5.74, 6) is 0.846. The molecule has 0 unspecified atom stereocenters. The van der Waals surface area contributed by atoms with Gasteiger partial charge in [0.15, 0.2) is 0 Å². The first-order chi connectivity index (χ1) is 10.8. The fourth-order valence-electron chi connectivity index (χ4n) is 2.36. The highest BCUT2D eigenvalue weighted by Gasteiger charge is 2.13. The first kappa shape index (κ1) is 14.2. The maximum absolute atomic E-state index is 10.3. The third-order valence-corrected chi connectivity index (χ3v) is 3.44. The molecule has 112 valence electrons. The van der Waals surface area contributed by atoms with Crippen LogP contribution >= 0.6 is 0 Å². The number of nitrogens with one attached hydrogen (secondary N) is 1. The van der Waals surface area contributed by atoms with Crippen LogP contribution in [-0.4, -0.2) is 21.9 Å². The average Bonchev–Trinajstić information content (AvgIpc) is 3.03. The Hall–Kier alpha value is -2.75. The first-order valence-electron chi connectivity index (χ1n) is 7.34. The number of rotatable bonds is 5. The van der Waals surface area contributed by atoms with Crippen LogP contribution in [0, 0.1) is 0 Å². The number of aromatic hydroxyl groups is 1. The quantitative estimate of drug-likeness (QED) is 0.740. The zero-order valence-electron chi connectivity index (χ0n) is 12.4. The molecule has 0 aliphatic rings. The normalized spacial score (nSPS) is 10.6. The molecule has 3 rings (SSSR count). The number of hydrogen-bond acceptors (Lipinski definition) is 3. The van der Waals surface area contributed by atoms with Gasteiger partial charge in [0.2, 0.25) is 0 Å². The van der Waals surface area contributed by atoms with E-state index in [0.717, 1.165) is 23.2 Å². The third-order valence-electron chi connectivity index (χ3n) is 3.44. The lowest BCUT2D eigenvalue weighted by molar-refractivity contribution is 0.315. The second-order valence-electron chi connectivity index (χ2n) is 5.05. The molecule has 0 atom stereocenters. The summed E-state index contributed by atoms with van der Waals surface area (Å²) in [5.41, 5.74) is 3.51. The molecule has 2 aromatic carbocycles. The van der Waals surface area contributed by atoms with Crippen molar-refractivity contribution in [3.05, 3.63) is 54.7 Å². The molecule has 2 N–H and O–H groups in total. The summed E-state index contributed by atoms with van der Waals surface area (Å²) >= 11 is 0. The number of ether oxygens (including phenoxy) is 1. The van der Waals surface area contributed by atoms with Gasteiger partial charge in [-0.2, -0.15) is 5.10 Å². The van der Waals surface area contributed by atoms with Gasteiger partial charge in [-0.15, -0.1) is 0 Å². The van der Waals surface area contributed by atoms with E-state index in [0.29, 0.717) is 17.9 Å². The minimum absolute atomic E-state index is 0.176. The topological polar surface area (TPSA) is 58.1 Å². The molecule has 0 spiro atoms. The van der Waals surface area contributed by atoms with Crippen molar-refractivity contribution in [2.24, 2.45) is 0 Å². The maximum atomic E-state index is 10.3. The van der Waals surface area contributed by atoms with E-state index in [-0.39, 0.29) is 5.75 Å². The van der Waals surface area contributed by atoms with Gasteiger partial charge in [0.05, 0.1) is 18.5 Å². The number of phenols is 1. The summed E-state index contributed by atoms with van der Waals surface area (Å²) in [7, 11) is 0. The number of aromatic amines is 1. The number of H-pyrrole nitrogens is 1. The Morgan fingerprint density at radius 1 is 1.09 bits per heavy atom. The van der Waals surface area contributed by atoms with E-state index in [1.54, 1.807) is 12.3 Å². The van der Waals surface area contributed by atoms with Crippen LogP contribution in [0.1, 0.15) is 13.3 Å². The predicted octanol–water partition coefficient (Wildman–Crippen LogP) is 4.24. The lowest BCUT2D eigenvalue weighted by atomic mass is 10.0. The average molecular weight is 294 g/mol. The highest BCUT2D eigenvalue weighted by Crippen LogP contribution is 2.36. The Morgan fingerprint density at radius 3 is 2.64 bits per heavy atom. The standard InChI is InChI=1S/C18H18N2O2/c1-2-10-22-14-8-9-15(17(21)11-14)18-16(12-19-20-18)13-6-4-3-5-7-13/h3-9,11-12,21H,2,10H2,1H3,(H,19,20). The molecule has 0 aliphatic carbocycles. The fraction of sp³-hybridized carbons (Fsp3) is 0.167. The Kier molecular flexibility index (Phi) is 4.10. The molecular formula is C18H18N2O2. The Labute approximate surface area is 129 Å². The van der Waals surface area contributed by atoms with E-state index in [4.69, 9.17) is 4.74 Å². The van der Waals surface area contributed by atoms with E-state index in [9.17, 15) is 5.11 Å². The van der Waals surface area contributed by atoms with Crippen LogP contribution in [0.5, 0.6) is 11.5 Å². The van der Waals surface area contributed by atoms with E-state index in [2.05, 4.69) is 10.2 Å². The van der Waals surface area contributed by atoms with E-state index >= 15 is 0 Å². The molecule has 3 aromatic rings. The van der Waals surface area contributed by atoms with Gasteiger partial charge in [-0.25, -0.2) is 0 Å². The van der Waals surface area contributed by atoms with Gasteiger partial charge in [0.1, 0.15) is 11.5 Å². The molecule has 4 nitrogen and oxygen atoms in total. The lowest BCUT2D eigenvalue weighted by Crippen LogP contribution is -1.95. The van der Waals surface area contributed by atoms with Crippen LogP contribution in [0.25, 0.3) is 22.4 Å². The molecule has 1 heterocycles. The number of nitrogens with zero attached hydrogens (tertiary/aromatic N) is 1. The second kappa shape index (κ2) is 6.35. The van der Waals surface area contributed by atoms with Crippen molar-refractivity contribution in [3.8, 4) is 33.9 Å². The molecular weight excluding hydrogens is 276 g/mol. The largest absolute Gasteiger partial charge is 0.507 e. The second-order valence-corrected chi connectivity index (χ2v) is 5.05. The summed E-state index contributed by atoms with van der Waals surface area (Å²) in [5, 5.41) is 17.4. The predicted molar refractivity (Wildman–Crippen MR) is 86.9 cm³/mol. The van der Waals surface area contributed by atoms with Crippen LogP contribution < -0.4 is 4.74 Å². The number of phenolic OH excluding ortho intramolecular Hbond substituents is 1. The minimum atomic E-state index is 0.176. The van der Waals surface area contributed by atoms with Crippen LogP contribution in [0.15, 0.2) is 54.7 Å². The SMILES string of the molecule is CCCOc1ccc(-c2[nH]ncc2-c2ccccc2)c(O)c1. The monoisotopic (exact) mass is 294 g/mol. The van der Waals surface area contributed by atoms with Crippen LogP contribution in [0.4, 0.5) is 0 Å². The lowest BCUT2D eigenvalue weighted by Gasteiger charge is -2.09.